The summed E-state index contributed by atoms with van der Waals surface area (Å²) in [5.41, 5.74) is 2.03. The zero-order chi connectivity index (χ0) is 24.3. The van der Waals surface area contributed by atoms with Gasteiger partial charge in [0.1, 0.15) is 0 Å². The summed E-state index contributed by atoms with van der Waals surface area (Å²) in [7, 11) is 1.28. The SMILES string of the molecule is COC(=O)CCN1C(=O)N(c2ccc(C)cc2)[C@H](N(O)C(=O)Nc2ccc(C)cc2)C1(C)C. The van der Waals surface area contributed by atoms with Gasteiger partial charge in [-0.25, -0.2) is 9.59 Å². The van der Waals surface area contributed by atoms with Crippen molar-refractivity contribution < 1.29 is 24.3 Å². The highest BCUT2D eigenvalue weighted by Gasteiger charge is 2.56. The number of ether oxygens (including phenoxy) is 1. The first-order valence-electron chi connectivity index (χ1n) is 10.7. The first-order valence-corrected chi connectivity index (χ1v) is 10.7. The fourth-order valence-corrected chi connectivity index (χ4v) is 3.92. The molecule has 0 radical (unpaired) electrons. The summed E-state index contributed by atoms with van der Waals surface area (Å²) >= 11 is 0. The molecule has 0 spiro atoms. The third-order valence-corrected chi connectivity index (χ3v) is 5.83. The number of hydrogen-bond donors (Lipinski definition) is 2. The van der Waals surface area contributed by atoms with Crippen molar-refractivity contribution in [1.29, 1.82) is 0 Å². The zero-order valence-corrected chi connectivity index (χ0v) is 19.5. The van der Waals surface area contributed by atoms with Crippen LogP contribution in [-0.4, -0.2) is 58.6 Å². The molecule has 0 aliphatic carbocycles. The molecule has 3 rings (SSSR count). The van der Waals surface area contributed by atoms with E-state index in [9.17, 15) is 19.6 Å². The van der Waals surface area contributed by atoms with Crippen LogP contribution in [0.25, 0.3) is 0 Å². The molecule has 1 aliphatic heterocycles. The van der Waals surface area contributed by atoms with Crippen molar-refractivity contribution in [1.82, 2.24) is 9.96 Å². The van der Waals surface area contributed by atoms with E-state index in [2.05, 4.69) is 5.32 Å². The van der Waals surface area contributed by atoms with Crippen molar-refractivity contribution in [2.75, 3.05) is 23.9 Å². The Kier molecular flexibility index (Phi) is 6.92. The lowest BCUT2D eigenvalue weighted by Crippen LogP contribution is -2.58. The molecule has 176 valence electrons. The van der Waals surface area contributed by atoms with E-state index in [1.54, 1.807) is 38.1 Å². The normalized spacial score (nSPS) is 17.2. The molecule has 1 fully saturated rings. The number of urea groups is 2. The minimum Gasteiger partial charge on any atom is -0.469 e. The molecule has 1 saturated heterocycles. The second kappa shape index (κ2) is 9.50. The Morgan fingerprint density at radius 3 is 2.15 bits per heavy atom. The number of methoxy groups -OCH3 is 1. The second-order valence-electron chi connectivity index (χ2n) is 8.63. The fraction of sp³-hybridized carbons (Fsp3) is 0.375. The van der Waals surface area contributed by atoms with Gasteiger partial charge in [-0.1, -0.05) is 35.4 Å². The third kappa shape index (κ3) is 4.93. The van der Waals surface area contributed by atoms with E-state index in [1.165, 1.54) is 16.9 Å². The molecule has 0 unspecified atom stereocenters. The van der Waals surface area contributed by atoms with Crippen LogP contribution in [0.4, 0.5) is 21.0 Å². The number of carbonyl (C=O) groups excluding carboxylic acids is 3. The summed E-state index contributed by atoms with van der Waals surface area (Å²) in [6.07, 6.45) is -1.07. The molecule has 2 aromatic rings. The Bertz CT molecular complexity index is 1020. The van der Waals surface area contributed by atoms with Crippen molar-refractivity contribution in [3.05, 3.63) is 59.7 Å². The van der Waals surface area contributed by atoms with Crippen molar-refractivity contribution in [3.8, 4) is 0 Å². The van der Waals surface area contributed by atoms with Crippen LogP contribution in [0.1, 0.15) is 31.4 Å². The maximum absolute atomic E-state index is 13.5. The van der Waals surface area contributed by atoms with Crippen LogP contribution in [0.3, 0.4) is 0 Å². The average Bonchev–Trinajstić information content (AvgIpc) is 2.98. The number of hydroxylamine groups is 2. The van der Waals surface area contributed by atoms with Crippen molar-refractivity contribution in [2.24, 2.45) is 0 Å². The number of nitrogens with zero attached hydrogens (tertiary/aromatic N) is 3. The van der Waals surface area contributed by atoms with E-state index < -0.39 is 29.7 Å². The minimum atomic E-state index is -1.06. The van der Waals surface area contributed by atoms with Gasteiger partial charge in [0.15, 0.2) is 6.17 Å². The maximum Gasteiger partial charge on any atom is 0.347 e. The van der Waals surface area contributed by atoms with E-state index in [0.717, 1.165) is 11.1 Å². The van der Waals surface area contributed by atoms with Crippen LogP contribution >= 0.6 is 0 Å². The van der Waals surface area contributed by atoms with Gasteiger partial charge in [0.2, 0.25) is 0 Å². The highest BCUT2D eigenvalue weighted by atomic mass is 16.5. The molecule has 2 aromatic carbocycles. The minimum absolute atomic E-state index is 0.0128. The number of hydrogen-bond acceptors (Lipinski definition) is 5. The van der Waals surface area contributed by atoms with Gasteiger partial charge in [-0.15, -0.1) is 0 Å². The molecule has 1 aliphatic rings. The fourth-order valence-electron chi connectivity index (χ4n) is 3.92. The number of rotatable bonds is 6. The van der Waals surface area contributed by atoms with E-state index in [0.29, 0.717) is 16.4 Å². The predicted molar refractivity (Wildman–Crippen MR) is 124 cm³/mol. The Hall–Kier alpha value is -3.59. The summed E-state index contributed by atoms with van der Waals surface area (Å²) in [6, 6.07) is 13.1. The summed E-state index contributed by atoms with van der Waals surface area (Å²) in [5, 5.41) is 14.2. The first kappa shape index (κ1) is 24.1. The van der Waals surface area contributed by atoms with Crippen molar-refractivity contribution in [2.45, 2.75) is 45.8 Å². The van der Waals surface area contributed by atoms with Crippen LogP contribution in [-0.2, 0) is 9.53 Å². The molecule has 4 amide bonds. The number of carbonyl (C=O) groups is 3. The lowest BCUT2D eigenvalue weighted by molar-refractivity contribution is -0.141. The lowest BCUT2D eigenvalue weighted by atomic mass is 9.99. The van der Waals surface area contributed by atoms with Crippen LogP contribution in [0, 0.1) is 13.8 Å². The Balaban J connectivity index is 1.95. The Morgan fingerprint density at radius 1 is 1.06 bits per heavy atom. The maximum atomic E-state index is 13.5. The number of nitrogens with one attached hydrogen (secondary N) is 1. The number of amides is 4. The van der Waals surface area contributed by atoms with Gasteiger partial charge in [-0.05, 0) is 52.0 Å². The van der Waals surface area contributed by atoms with Crippen molar-refractivity contribution >= 4 is 29.4 Å². The monoisotopic (exact) mass is 454 g/mol. The highest BCUT2D eigenvalue weighted by Crippen LogP contribution is 2.38. The van der Waals surface area contributed by atoms with Gasteiger partial charge < -0.3 is 15.0 Å². The topological polar surface area (TPSA) is 102 Å². The highest BCUT2D eigenvalue weighted by molar-refractivity contribution is 5.98. The standard InChI is InChI=1S/C24H30N4O5/c1-16-6-10-18(11-7-16)25-22(30)28(32)21-24(3,4)26(15-14-20(29)33-5)23(31)27(21)19-12-8-17(2)9-13-19/h6-13,21,32H,14-15H2,1-5H3,(H,25,30)/t21-/m1/s1. The number of aryl methyl sites for hydroxylation is 2. The molecule has 9 nitrogen and oxygen atoms in total. The summed E-state index contributed by atoms with van der Waals surface area (Å²) < 4.78 is 4.71. The second-order valence-corrected chi connectivity index (χ2v) is 8.63. The van der Waals surface area contributed by atoms with E-state index in [4.69, 9.17) is 4.74 Å². The lowest BCUT2D eigenvalue weighted by Gasteiger charge is -2.38. The number of benzene rings is 2. The van der Waals surface area contributed by atoms with E-state index in [-0.39, 0.29) is 13.0 Å². The molecule has 2 N–H and O–H groups in total. The molecule has 1 atom stereocenters. The van der Waals surface area contributed by atoms with Crippen LogP contribution in [0.15, 0.2) is 48.5 Å². The summed E-state index contributed by atoms with van der Waals surface area (Å²) in [6.45, 7) is 7.41. The van der Waals surface area contributed by atoms with Crippen LogP contribution < -0.4 is 10.2 Å². The average molecular weight is 455 g/mol. The molecule has 0 saturated carbocycles. The molecular weight excluding hydrogens is 424 g/mol. The van der Waals surface area contributed by atoms with Gasteiger partial charge in [0, 0.05) is 17.9 Å². The Morgan fingerprint density at radius 2 is 1.61 bits per heavy atom. The van der Waals surface area contributed by atoms with Gasteiger partial charge in [0.05, 0.1) is 19.1 Å². The van der Waals surface area contributed by atoms with E-state index in [1.807, 2.05) is 38.1 Å². The molecule has 0 aromatic heterocycles. The van der Waals surface area contributed by atoms with Gasteiger partial charge in [-0.3, -0.25) is 14.9 Å². The third-order valence-electron chi connectivity index (χ3n) is 5.83. The number of anilines is 2. The van der Waals surface area contributed by atoms with Crippen LogP contribution in [0.5, 0.6) is 0 Å². The van der Waals surface area contributed by atoms with Gasteiger partial charge in [-0.2, -0.15) is 5.06 Å². The van der Waals surface area contributed by atoms with Gasteiger partial charge >= 0.3 is 18.0 Å². The predicted octanol–water partition coefficient (Wildman–Crippen LogP) is 4.14. The number of esters is 1. The Labute approximate surface area is 193 Å². The zero-order valence-electron chi connectivity index (χ0n) is 19.5. The molecule has 9 heteroatoms. The summed E-state index contributed by atoms with van der Waals surface area (Å²) in [5.74, 6) is -0.457. The molecule has 33 heavy (non-hydrogen) atoms. The van der Waals surface area contributed by atoms with Crippen LogP contribution in [0.2, 0.25) is 0 Å². The van der Waals surface area contributed by atoms with Gasteiger partial charge in [0.25, 0.3) is 0 Å². The largest absolute Gasteiger partial charge is 0.469 e. The summed E-state index contributed by atoms with van der Waals surface area (Å²) in [4.78, 5) is 41.0. The molecule has 0 bridgehead atoms. The van der Waals surface area contributed by atoms with E-state index >= 15 is 0 Å². The molecule has 1 heterocycles. The quantitative estimate of drug-likeness (QED) is 0.388. The molecular formula is C24H30N4O5. The smallest absolute Gasteiger partial charge is 0.347 e. The first-order chi connectivity index (χ1) is 15.6. The van der Waals surface area contributed by atoms with Crippen molar-refractivity contribution in [3.63, 3.8) is 0 Å².